The number of esters is 1. The van der Waals surface area contributed by atoms with E-state index in [1.54, 1.807) is 23.8 Å². The maximum absolute atomic E-state index is 11.6. The summed E-state index contributed by atoms with van der Waals surface area (Å²) in [6.07, 6.45) is -0.0669. The van der Waals surface area contributed by atoms with Crippen LogP contribution < -0.4 is 5.73 Å². The van der Waals surface area contributed by atoms with Gasteiger partial charge in [0, 0.05) is 10.9 Å². The molecule has 0 aliphatic heterocycles. The number of Topliss-reactive ketones (excluding diaryl/α,β-unsaturated/α-hetero) is 1. The molecule has 0 aliphatic rings. The Balaban J connectivity index is 2.51. The van der Waals surface area contributed by atoms with Crippen molar-refractivity contribution in [2.75, 3.05) is 6.61 Å². The second-order valence-corrected chi connectivity index (χ2v) is 3.77. The van der Waals surface area contributed by atoms with Crippen LogP contribution in [-0.2, 0) is 9.53 Å². The summed E-state index contributed by atoms with van der Waals surface area (Å²) in [4.78, 5) is 22.7. The molecule has 1 heterocycles. The van der Waals surface area contributed by atoms with Crippen LogP contribution in [0.1, 0.15) is 23.7 Å². The number of ketones is 1. The Morgan fingerprint density at radius 2 is 2.33 bits per heavy atom. The molecule has 5 heteroatoms. The molecule has 82 valence electrons. The molecule has 0 aliphatic carbocycles. The van der Waals surface area contributed by atoms with Gasteiger partial charge in [0.05, 0.1) is 19.1 Å². The fourth-order valence-electron chi connectivity index (χ4n) is 1.11. The van der Waals surface area contributed by atoms with E-state index in [2.05, 4.69) is 0 Å². The summed E-state index contributed by atoms with van der Waals surface area (Å²) in [5, 5.41) is 3.51. The van der Waals surface area contributed by atoms with Gasteiger partial charge in [0.1, 0.15) is 0 Å². The van der Waals surface area contributed by atoms with Gasteiger partial charge in [0.15, 0.2) is 5.78 Å². The van der Waals surface area contributed by atoms with Crippen molar-refractivity contribution < 1.29 is 14.3 Å². The summed E-state index contributed by atoms with van der Waals surface area (Å²) in [5.41, 5.74) is 6.15. The fourth-order valence-corrected chi connectivity index (χ4v) is 1.76. The van der Waals surface area contributed by atoms with E-state index in [0.717, 1.165) is 0 Å². The van der Waals surface area contributed by atoms with Gasteiger partial charge in [0.2, 0.25) is 0 Å². The molecule has 0 aromatic carbocycles. The average Bonchev–Trinajstić information content (AvgIpc) is 2.69. The molecule has 4 nitrogen and oxygen atoms in total. The first kappa shape index (κ1) is 11.9. The van der Waals surface area contributed by atoms with Crippen LogP contribution in [0.2, 0.25) is 0 Å². The monoisotopic (exact) mass is 227 g/mol. The third kappa shape index (κ3) is 3.45. The van der Waals surface area contributed by atoms with Crippen LogP contribution in [0.15, 0.2) is 16.8 Å². The van der Waals surface area contributed by atoms with Crippen molar-refractivity contribution in [1.82, 2.24) is 0 Å². The number of hydrogen-bond acceptors (Lipinski definition) is 5. The van der Waals surface area contributed by atoms with E-state index >= 15 is 0 Å². The second kappa shape index (κ2) is 5.63. The lowest BCUT2D eigenvalue weighted by Crippen LogP contribution is -2.33. The zero-order valence-corrected chi connectivity index (χ0v) is 9.25. The minimum atomic E-state index is -0.807. The predicted octanol–water partition coefficient (Wildman–Crippen LogP) is 1.21. The van der Waals surface area contributed by atoms with Crippen LogP contribution in [-0.4, -0.2) is 24.4 Å². The third-order valence-corrected chi connectivity index (χ3v) is 2.52. The smallest absolute Gasteiger partial charge is 0.307 e. The second-order valence-electron chi connectivity index (χ2n) is 2.99. The van der Waals surface area contributed by atoms with Crippen LogP contribution in [0.25, 0.3) is 0 Å². The minimum Gasteiger partial charge on any atom is -0.466 e. The zero-order chi connectivity index (χ0) is 11.3. The van der Waals surface area contributed by atoms with Crippen molar-refractivity contribution in [2.24, 2.45) is 5.73 Å². The number of rotatable bonds is 5. The molecule has 1 aromatic rings. The molecule has 0 saturated carbocycles. The van der Waals surface area contributed by atoms with Crippen LogP contribution in [0.3, 0.4) is 0 Å². The first-order valence-corrected chi connectivity index (χ1v) is 5.57. The highest BCUT2D eigenvalue weighted by Crippen LogP contribution is 2.09. The van der Waals surface area contributed by atoms with Gasteiger partial charge in [-0.05, 0) is 18.4 Å². The average molecular weight is 227 g/mol. The van der Waals surface area contributed by atoms with Crippen molar-refractivity contribution in [3.05, 3.63) is 22.4 Å². The number of nitrogens with two attached hydrogens (primary N) is 1. The summed E-state index contributed by atoms with van der Waals surface area (Å²) in [5.74, 6) is -0.655. The Morgan fingerprint density at radius 1 is 1.60 bits per heavy atom. The predicted molar refractivity (Wildman–Crippen MR) is 57.9 cm³/mol. The highest BCUT2D eigenvalue weighted by Gasteiger charge is 2.19. The third-order valence-electron chi connectivity index (χ3n) is 1.83. The van der Waals surface area contributed by atoms with E-state index in [-0.39, 0.29) is 12.2 Å². The van der Waals surface area contributed by atoms with Crippen molar-refractivity contribution in [3.63, 3.8) is 0 Å². The van der Waals surface area contributed by atoms with E-state index in [0.29, 0.717) is 12.2 Å². The van der Waals surface area contributed by atoms with Gasteiger partial charge in [-0.25, -0.2) is 0 Å². The molecule has 1 unspecified atom stereocenters. The van der Waals surface area contributed by atoms with E-state index in [9.17, 15) is 9.59 Å². The van der Waals surface area contributed by atoms with Gasteiger partial charge in [-0.3, -0.25) is 9.59 Å². The highest BCUT2D eigenvalue weighted by atomic mass is 32.1. The van der Waals surface area contributed by atoms with E-state index < -0.39 is 12.0 Å². The summed E-state index contributed by atoms with van der Waals surface area (Å²) in [7, 11) is 0. The Kier molecular flexibility index (Phi) is 4.45. The Hall–Kier alpha value is -1.20. The number of carbonyl (C=O) groups is 2. The summed E-state index contributed by atoms with van der Waals surface area (Å²) in [6.45, 7) is 2.02. The van der Waals surface area contributed by atoms with Gasteiger partial charge in [-0.1, -0.05) is 0 Å². The summed E-state index contributed by atoms with van der Waals surface area (Å²) in [6, 6.07) is 0.886. The molecule has 0 fully saturated rings. The van der Waals surface area contributed by atoms with E-state index in [4.69, 9.17) is 10.5 Å². The molecule has 0 bridgehead atoms. The number of hydrogen-bond donors (Lipinski definition) is 1. The Morgan fingerprint density at radius 3 is 2.87 bits per heavy atom. The first-order valence-electron chi connectivity index (χ1n) is 4.62. The molecule has 0 amide bonds. The molecule has 1 aromatic heterocycles. The van der Waals surface area contributed by atoms with Gasteiger partial charge in [0.25, 0.3) is 0 Å². The summed E-state index contributed by atoms with van der Waals surface area (Å²) < 4.78 is 4.71. The number of carbonyl (C=O) groups excluding carboxylic acids is 2. The maximum atomic E-state index is 11.6. The molecule has 1 rings (SSSR count). The Labute approximate surface area is 92.0 Å². The molecule has 0 saturated heterocycles. The molecule has 0 spiro atoms. The molecular formula is C10H13NO3S. The molecular weight excluding hydrogens is 214 g/mol. The lowest BCUT2D eigenvalue weighted by molar-refractivity contribution is -0.143. The van der Waals surface area contributed by atoms with E-state index in [1.165, 1.54) is 11.3 Å². The highest BCUT2D eigenvalue weighted by molar-refractivity contribution is 7.08. The largest absolute Gasteiger partial charge is 0.466 e. The Bertz CT molecular complexity index is 334. The van der Waals surface area contributed by atoms with Crippen molar-refractivity contribution >= 4 is 23.1 Å². The first-order chi connectivity index (χ1) is 7.15. The van der Waals surface area contributed by atoms with Crippen molar-refractivity contribution in [2.45, 2.75) is 19.4 Å². The van der Waals surface area contributed by atoms with Gasteiger partial charge < -0.3 is 10.5 Å². The van der Waals surface area contributed by atoms with Crippen LogP contribution in [0.4, 0.5) is 0 Å². The lowest BCUT2D eigenvalue weighted by atomic mass is 10.1. The zero-order valence-electron chi connectivity index (χ0n) is 8.43. The van der Waals surface area contributed by atoms with Crippen LogP contribution in [0.5, 0.6) is 0 Å². The SMILES string of the molecule is CCOC(=O)CC(N)C(=O)c1ccsc1. The maximum Gasteiger partial charge on any atom is 0.307 e. The van der Waals surface area contributed by atoms with Crippen LogP contribution in [0, 0.1) is 0 Å². The van der Waals surface area contributed by atoms with Crippen molar-refractivity contribution in [1.29, 1.82) is 0 Å². The topological polar surface area (TPSA) is 69.4 Å². The fraction of sp³-hybridized carbons (Fsp3) is 0.400. The van der Waals surface area contributed by atoms with E-state index in [1.807, 2.05) is 0 Å². The molecule has 1 atom stereocenters. The standard InChI is InChI=1S/C10H13NO3S/c1-2-14-9(12)5-8(11)10(13)7-3-4-15-6-7/h3-4,6,8H,2,5,11H2,1H3. The molecule has 0 radical (unpaired) electrons. The van der Waals surface area contributed by atoms with Gasteiger partial charge in [-0.15, -0.1) is 0 Å². The normalized spacial score (nSPS) is 12.1. The van der Waals surface area contributed by atoms with Crippen molar-refractivity contribution in [3.8, 4) is 0 Å². The minimum absolute atomic E-state index is 0.0669. The van der Waals surface area contributed by atoms with Gasteiger partial charge >= 0.3 is 5.97 Å². The molecule has 15 heavy (non-hydrogen) atoms. The van der Waals surface area contributed by atoms with Gasteiger partial charge in [-0.2, -0.15) is 11.3 Å². The van der Waals surface area contributed by atoms with Crippen LogP contribution >= 0.6 is 11.3 Å². The number of ether oxygens (including phenoxy) is 1. The number of thiophene rings is 1. The molecule has 2 N–H and O–H groups in total. The summed E-state index contributed by atoms with van der Waals surface area (Å²) >= 11 is 1.42. The quantitative estimate of drug-likeness (QED) is 0.606. The lowest BCUT2D eigenvalue weighted by Gasteiger charge is -2.08.